The lowest BCUT2D eigenvalue weighted by molar-refractivity contribution is -0.385. The Kier molecular flexibility index (Phi) is 3.82. The Hall–Kier alpha value is -0.940. The van der Waals surface area contributed by atoms with Crippen LogP contribution in [0.25, 0.3) is 0 Å². The van der Waals surface area contributed by atoms with Crippen LogP contribution in [0.5, 0.6) is 0 Å². The van der Waals surface area contributed by atoms with Crippen LogP contribution >= 0.6 is 27.5 Å². The summed E-state index contributed by atoms with van der Waals surface area (Å²) in [6, 6.07) is 2.81. The molecule has 0 heterocycles. The van der Waals surface area contributed by atoms with Crippen molar-refractivity contribution < 1.29 is 9.72 Å². The molecular formula is C9H7BrClNO3. The fourth-order valence-corrected chi connectivity index (χ4v) is 1.70. The maximum Gasteiger partial charge on any atom is 0.281 e. The highest BCUT2D eigenvalue weighted by Crippen LogP contribution is 2.30. The smallest absolute Gasteiger partial charge is 0.281 e. The van der Waals surface area contributed by atoms with E-state index < -0.39 is 10.7 Å². The number of Topliss-reactive ketones (excluding diaryl/α,β-unsaturated/α-hetero) is 1. The summed E-state index contributed by atoms with van der Waals surface area (Å²) >= 11 is 8.83. The van der Waals surface area contributed by atoms with E-state index in [1.807, 2.05) is 0 Å². The molecule has 0 N–H and O–H groups in total. The van der Waals surface area contributed by atoms with Crippen molar-refractivity contribution in [2.24, 2.45) is 0 Å². The van der Waals surface area contributed by atoms with E-state index >= 15 is 0 Å². The summed E-state index contributed by atoms with van der Waals surface area (Å²) in [6.45, 7) is 1.69. The highest BCUT2D eigenvalue weighted by Gasteiger charge is 2.23. The Morgan fingerprint density at radius 2 is 2.20 bits per heavy atom. The van der Waals surface area contributed by atoms with Crippen LogP contribution in [0.3, 0.4) is 0 Å². The summed E-state index contributed by atoms with van der Waals surface area (Å²) in [7, 11) is 0. The van der Waals surface area contributed by atoms with Gasteiger partial charge < -0.3 is 0 Å². The lowest BCUT2D eigenvalue weighted by atomic mass is 10.1. The summed E-state index contributed by atoms with van der Waals surface area (Å²) in [4.78, 5) is 21.6. The van der Waals surface area contributed by atoms with Gasteiger partial charge >= 0.3 is 0 Å². The third-order valence-electron chi connectivity index (χ3n) is 1.91. The van der Waals surface area contributed by atoms with E-state index in [2.05, 4.69) is 15.9 Å². The van der Waals surface area contributed by atoms with Gasteiger partial charge in [0.25, 0.3) is 5.69 Å². The first-order chi connectivity index (χ1) is 6.99. The molecule has 0 aliphatic heterocycles. The third-order valence-corrected chi connectivity index (χ3v) is 2.91. The largest absolute Gasteiger partial charge is 0.293 e. The first-order valence-electron chi connectivity index (χ1n) is 4.01. The Labute approximate surface area is 99.5 Å². The molecule has 0 radical (unpaired) electrons. The summed E-state index contributed by atoms with van der Waals surface area (Å²) in [5.41, 5.74) is 0.361. The zero-order valence-corrected chi connectivity index (χ0v) is 10.1. The van der Waals surface area contributed by atoms with E-state index in [4.69, 9.17) is 11.6 Å². The van der Waals surface area contributed by atoms with E-state index in [-0.39, 0.29) is 21.6 Å². The number of nitro benzene ring substituents is 1. The second-order valence-corrected chi connectivity index (χ2v) is 3.84. The van der Waals surface area contributed by atoms with Crippen LogP contribution in [0, 0.1) is 17.0 Å². The molecule has 6 heteroatoms. The van der Waals surface area contributed by atoms with E-state index in [0.717, 1.165) is 0 Å². The van der Waals surface area contributed by atoms with Crippen molar-refractivity contribution >= 4 is 39.0 Å². The highest BCUT2D eigenvalue weighted by atomic mass is 79.9. The highest BCUT2D eigenvalue weighted by molar-refractivity contribution is 9.09. The van der Waals surface area contributed by atoms with Gasteiger partial charge in [-0.25, -0.2) is 0 Å². The number of carbonyl (C=O) groups excluding carboxylic acids is 1. The average Bonchev–Trinajstić information content (AvgIpc) is 2.20. The number of rotatable bonds is 3. The van der Waals surface area contributed by atoms with Crippen LogP contribution in [-0.2, 0) is 0 Å². The monoisotopic (exact) mass is 291 g/mol. The van der Waals surface area contributed by atoms with E-state index in [1.54, 1.807) is 6.92 Å². The maximum absolute atomic E-state index is 11.5. The Morgan fingerprint density at radius 1 is 1.60 bits per heavy atom. The number of hydrogen-bond acceptors (Lipinski definition) is 3. The van der Waals surface area contributed by atoms with Gasteiger partial charge in [-0.15, -0.1) is 0 Å². The molecule has 0 aliphatic carbocycles. The SMILES string of the molecule is Cc1ccc([N+](=O)[O-])c(C(=O)CBr)c1Cl. The van der Waals surface area contributed by atoms with Crippen LogP contribution in [0.15, 0.2) is 12.1 Å². The van der Waals surface area contributed by atoms with E-state index in [9.17, 15) is 14.9 Å². The van der Waals surface area contributed by atoms with Gasteiger partial charge in [0.15, 0.2) is 5.78 Å². The van der Waals surface area contributed by atoms with Crippen LogP contribution in [0.2, 0.25) is 5.02 Å². The topological polar surface area (TPSA) is 60.2 Å². The van der Waals surface area contributed by atoms with Crippen molar-refractivity contribution in [1.82, 2.24) is 0 Å². The number of ketones is 1. The molecule has 0 fully saturated rings. The number of nitro groups is 1. The van der Waals surface area contributed by atoms with Crippen LogP contribution in [-0.4, -0.2) is 16.0 Å². The molecule has 1 rings (SSSR count). The number of halogens is 2. The van der Waals surface area contributed by atoms with Gasteiger partial charge in [0.05, 0.1) is 15.3 Å². The second-order valence-electron chi connectivity index (χ2n) is 2.90. The molecule has 0 saturated carbocycles. The normalized spacial score (nSPS) is 10.1. The molecule has 1 aromatic carbocycles. The first kappa shape index (κ1) is 12.1. The molecule has 4 nitrogen and oxygen atoms in total. The molecule has 0 aromatic heterocycles. The fourth-order valence-electron chi connectivity index (χ4n) is 1.15. The molecule has 1 aromatic rings. The summed E-state index contributed by atoms with van der Waals surface area (Å²) in [6.07, 6.45) is 0. The minimum atomic E-state index is -0.610. The third kappa shape index (κ3) is 2.35. The van der Waals surface area contributed by atoms with Crippen molar-refractivity contribution in [3.8, 4) is 0 Å². The number of nitrogens with zero attached hydrogens (tertiary/aromatic N) is 1. The van der Waals surface area contributed by atoms with Gasteiger partial charge in [-0.05, 0) is 12.5 Å². The van der Waals surface area contributed by atoms with Gasteiger partial charge in [-0.1, -0.05) is 33.6 Å². The van der Waals surface area contributed by atoms with Crippen molar-refractivity contribution in [1.29, 1.82) is 0 Å². The lowest BCUT2D eigenvalue weighted by Crippen LogP contribution is -2.06. The zero-order chi connectivity index (χ0) is 11.6. The van der Waals surface area contributed by atoms with Crippen molar-refractivity contribution in [3.05, 3.63) is 38.4 Å². The lowest BCUT2D eigenvalue weighted by Gasteiger charge is -2.05. The molecule has 80 valence electrons. The zero-order valence-electron chi connectivity index (χ0n) is 7.79. The minimum Gasteiger partial charge on any atom is -0.293 e. The summed E-state index contributed by atoms with van der Waals surface area (Å²) < 4.78 is 0. The molecule has 0 aliphatic rings. The quantitative estimate of drug-likeness (QED) is 0.372. The molecule has 15 heavy (non-hydrogen) atoms. The Balaban J connectivity index is 3.48. The second kappa shape index (κ2) is 4.72. The fraction of sp³-hybridized carbons (Fsp3) is 0.222. The van der Waals surface area contributed by atoms with Crippen LogP contribution in [0.4, 0.5) is 5.69 Å². The van der Waals surface area contributed by atoms with Crippen molar-refractivity contribution in [2.45, 2.75) is 6.92 Å². The first-order valence-corrected chi connectivity index (χ1v) is 5.51. The number of carbonyl (C=O) groups is 1. The molecule has 0 bridgehead atoms. The Bertz CT molecular complexity index is 434. The minimum absolute atomic E-state index is 0.0109. The van der Waals surface area contributed by atoms with Gasteiger partial charge in [-0.2, -0.15) is 0 Å². The number of aryl methyl sites for hydroxylation is 1. The Morgan fingerprint density at radius 3 is 2.67 bits per heavy atom. The predicted molar refractivity (Wildman–Crippen MR) is 61.0 cm³/mol. The number of alkyl halides is 1. The van der Waals surface area contributed by atoms with Gasteiger partial charge in [0.1, 0.15) is 5.56 Å². The number of benzene rings is 1. The van der Waals surface area contributed by atoms with Crippen molar-refractivity contribution in [2.75, 3.05) is 5.33 Å². The summed E-state index contributed by atoms with van der Waals surface area (Å²) in [5.74, 6) is -0.393. The molecule has 0 unspecified atom stereocenters. The van der Waals surface area contributed by atoms with E-state index in [0.29, 0.717) is 5.56 Å². The van der Waals surface area contributed by atoms with Gasteiger partial charge in [-0.3, -0.25) is 14.9 Å². The maximum atomic E-state index is 11.5. The van der Waals surface area contributed by atoms with Crippen LogP contribution < -0.4 is 0 Å². The molecule has 0 amide bonds. The molecule has 0 spiro atoms. The molecular weight excluding hydrogens is 285 g/mol. The van der Waals surface area contributed by atoms with Gasteiger partial charge in [0.2, 0.25) is 0 Å². The van der Waals surface area contributed by atoms with E-state index in [1.165, 1.54) is 12.1 Å². The van der Waals surface area contributed by atoms with Gasteiger partial charge in [0, 0.05) is 6.07 Å². The summed E-state index contributed by atoms with van der Waals surface area (Å²) in [5, 5.41) is 10.8. The van der Waals surface area contributed by atoms with Crippen molar-refractivity contribution in [3.63, 3.8) is 0 Å². The molecule has 0 atom stereocenters. The number of hydrogen-bond donors (Lipinski definition) is 0. The standard InChI is InChI=1S/C9H7BrClNO3/c1-5-2-3-6(12(14)15)8(9(5)11)7(13)4-10/h2-3H,4H2,1H3. The van der Waals surface area contributed by atoms with Crippen LogP contribution in [0.1, 0.15) is 15.9 Å². The predicted octanol–water partition coefficient (Wildman–Crippen LogP) is 3.13. The average molecular weight is 293 g/mol. The molecule has 0 saturated heterocycles.